The standard InChI is InChI=1S/C38H75NO3/c1-3-5-7-9-11-13-15-17-18-19-20-22-24-26-28-30-32-34-38(42)39-36(35-40)37(41)33-31-29-27-25-23-21-16-14-12-10-8-6-4-2/h23,25,36-37,40-41H,3-22,24,26-35H2,1-2H3,(H,39,42)/b25-23+/t36-,37+/m0/s1. The number of carbonyl (C=O) groups excluding carboxylic acids is 1. The van der Waals surface area contributed by atoms with Gasteiger partial charge in [0, 0.05) is 6.42 Å². The third-order valence-corrected chi connectivity index (χ3v) is 8.78. The molecule has 0 saturated heterocycles. The number of hydrogen-bond donors (Lipinski definition) is 3. The van der Waals surface area contributed by atoms with E-state index in [1.807, 2.05) is 0 Å². The molecule has 250 valence electrons. The minimum absolute atomic E-state index is 0.0395. The van der Waals surface area contributed by atoms with Crippen molar-refractivity contribution in [2.45, 2.75) is 219 Å². The average molecular weight is 594 g/mol. The van der Waals surface area contributed by atoms with Crippen LogP contribution in [-0.4, -0.2) is 34.9 Å². The number of unbranched alkanes of at least 4 members (excludes halogenated alkanes) is 25. The lowest BCUT2D eigenvalue weighted by atomic mass is 10.0. The highest BCUT2D eigenvalue weighted by molar-refractivity contribution is 5.76. The second-order valence-corrected chi connectivity index (χ2v) is 13.0. The summed E-state index contributed by atoms with van der Waals surface area (Å²) >= 11 is 0. The molecule has 2 atom stereocenters. The van der Waals surface area contributed by atoms with Gasteiger partial charge in [-0.15, -0.1) is 0 Å². The molecule has 0 spiro atoms. The number of aliphatic hydroxyl groups excluding tert-OH is 2. The molecule has 1 amide bonds. The van der Waals surface area contributed by atoms with Crippen molar-refractivity contribution >= 4 is 5.91 Å². The lowest BCUT2D eigenvalue weighted by Crippen LogP contribution is -2.45. The third kappa shape index (κ3) is 30.6. The average Bonchev–Trinajstić information content (AvgIpc) is 2.99. The fourth-order valence-electron chi connectivity index (χ4n) is 5.82. The van der Waals surface area contributed by atoms with E-state index in [0.717, 1.165) is 32.1 Å². The van der Waals surface area contributed by atoms with Gasteiger partial charge in [0.2, 0.25) is 5.91 Å². The van der Waals surface area contributed by atoms with Crippen LogP contribution in [0.1, 0.15) is 206 Å². The van der Waals surface area contributed by atoms with Crippen molar-refractivity contribution in [1.82, 2.24) is 5.32 Å². The third-order valence-electron chi connectivity index (χ3n) is 8.78. The lowest BCUT2D eigenvalue weighted by Gasteiger charge is -2.22. The first-order valence-corrected chi connectivity index (χ1v) is 18.9. The maximum atomic E-state index is 12.3. The molecule has 0 aromatic heterocycles. The van der Waals surface area contributed by atoms with Crippen LogP contribution in [0.5, 0.6) is 0 Å². The molecular weight excluding hydrogens is 518 g/mol. The molecule has 0 aromatic rings. The van der Waals surface area contributed by atoms with Gasteiger partial charge in [-0.2, -0.15) is 0 Å². The fourth-order valence-corrected chi connectivity index (χ4v) is 5.82. The van der Waals surface area contributed by atoms with Gasteiger partial charge in [0.15, 0.2) is 0 Å². The molecule has 0 saturated carbocycles. The van der Waals surface area contributed by atoms with Crippen molar-refractivity contribution in [1.29, 1.82) is 0 Å². The van der Waals surface area contributed by atoms with E-state index in [2.05, 4.69) is 31.3 Å². The number of aliphatic hydroxyl groups is 2. The minimum atomic E-state index is -0.675. The number of hydrogen-bond acceptors (Lipinski definition) is 3. The topological polar surface area (TPSA) is 69.6 Å². The largest absolute Gasteiger partial charge is 0.394 e. The van der Waals surface area contributed by atoms with Gasteiger partial charge >= 0.3 is 0 Å². The smallest absolute Gasteiger partial charge is 0.220 e. The Morgan fingerprint density at radius 3 is 1.31 bits per heavy atom. The molecule has 0 radical (unpaired) electrons. The van der Waals surface area contributed by atoms with Crippen LogP contribution in [0.15, 0.2) is 12.2 Å². The Labute approximate surface area is 263 Å². The summed E-state index contributed by atoms with van der Waals surface area (Å²) in [5, 5.41) is 23.0. The van der Waals surface area contributed by atoms with Crippen molar-refractivity contribution in [2.24, 2.45) is 0 Å². The van der Waals surface area contributed by atoms with E-state index in [4.69, 9.17) is 0 Å². The van der Waals surface area contributed by atoms with Gasteiger partial charge in [0.05, 0.1) is 18.8 Å². The van der Waals surface area contributed by atoms with Gasteiger partial charge in [-0.25, -0.2) is 0 Å². The van der Waals surface area contributed by atoms with Crippen molar-refractivity contribution in [3.63, 3.8) is 0 Å². The second kappa shape index (κ2) is 34.6. The summed E-state index contributed by atoms with van der Waals surface area (Å²) in [4.78, 5) is 12.3. The zero-order valence-corrected chi connectivity index (χ0v) is 28.5. The summed E-state index contributed by atoms with van der Waals surface area (Å²) in [5.74, 6) is -0.0395. The summed E-state index contributed by atoms with van der Waals surface area (Å²) < 4.78 is 0. The van der Waals surface area contributed by atoms with Crippen LogP contribution in [0, 0.1) is 0 Å². The van der Waals surface area contributed by atoms with Gasteiger partial charge in [0.1, 0.15) is 0 Å². The molecule has 0 aliphatic carbocycles. The maximum Gasteiger partial charge on any atom is 0.220 e. The first-order valence-electron chi connectivity index (χ1n) is 18.9. The zero-order valence-electron chi connectivity index (χ0n) is 28.5. The van der Waals surface area contributed by atoms with Crippen molar-refractivity contribution < 1.29 is 15.0 Å². The summed E-state index contributed by atoms with van der Waals surface area (Å²) in [5.41, 5.74) is 0. The van der Waals surface area contributed by atoms with E-state index in [-0.39, 0.29) is 12.5 Å². The predicted octanol–water partition coefficient (Wildman–Crippen LogP) is 11.1. The Hall–Kier alpha value is -0.870. The molecule has 0 heterocycles. The molecule has 3 N–H and O–H groups in total. The Morgan fingerprint density at radius 2 is 0.905 bits per heavy atom. The Balaban J connectivity index is 3.55. The predicted molar refractivity (Wildman–Crippen MR) is 184 cm³/mol. The van der Waals surface area contributed by atoms with Gasteiger partial charge in [0.25, 0.3) is 0 Å². The number of amides is 1. The van der Waals surface area contributed by atoms with E-state index in [1.165, 1.54) is 148 Å². The molecule has 0 aromatic carbocycles. The summed E-state index contributed by atoms with van der Waals surface area (Å²) in [7, 11) is 0. The number of carbonyl (C=O) groups is 1. The van der Waals surface area contributed by atoms with Crippen molar-refractivity contribution in [3.8, 4) is 0 Å². The first-order chi connectivity index (χ1) is 20.7. The Bertz CT molecular complexity index is 565. The van der Waals surface area contributed by atoms with Crippen LogP contribution in [0.3, 0.4) is 0 Å². The van der Waals surface area contributed by atoms with E-state index >= 15 is 0 Å². The zero-order chi connectivity index (χ0) is 30.8. The van der Waals surface area contributed by atoms with Crippen molar-refractivity contribution in [3.05, 3.63) is 12.2 Å². The van der Waals surface area contributed by atoms with Crippen LogP contribution in [-0.2, 0) is 4.79 Å². The van der Waals surface area contributed by atoms with Crippen LogP contribution in [0.4, 0.5) is 0 Å². The quantitative estimate of drug-likeness (QED) is 0.0513. The second-order valence-electron chi connectivity index (χ2n) is 13.0. The van der Waals surface area contributed by atoms with Gasteiger partial charge < -0.3 is 15.5 Å². The number of rotatable bonds is 34. The summed E-state index contributed by atoms with van der Waals surface area (Å²) in [6.45, 7) is 4.34. The molecule has 0 rings (SSSR count). The Morgan fingerprint density at radius 1 is 0.548 bits per heavy atom. The normalized spacial score (nSPS) is 13.1. The molecule has 42 heavy (non-hydrogen) atoms. The van der Waals surface area contributed by atoms with Crippen LogP contribution >= 0.6 is 0 Å². The maximum absolute atomic E-state index is 12.3. The highest BCUT2D eigenvalue weighted by Crippen LogP contribution is 2.15. The van der Waals surface area contributed by atoms with Crippen LogP contribution in [0.25, 0.3) is 0 Å². The SMILES string of the molecule is CCCCCCCCC/C=C/CCCC[C@@H](O)[C@H](CO)NC(=O)CCCCCCCCCCCCCCCCCCC. The molecule has 4 nitrogen and oxygen atoms in total. The van der Waals surface area contributed by atoms with E-state index < -0.39 is 12.1 Å². The molecule has 0 unspecified atom stereocenters. The highest BCUT2D eigenvalue weighted by atomic mass is 16.3. The molecular formula is C38H75NO3. The molecule has 0 aliphatic rings. The van der Waals surface area contributed by atoms with E-state index in [9.17, 15) is 15.0 Å². The molecule has 4 heteroatoms. The van der Waals surface area contributed by atoms with E-state index in [0.29, 0.717) is 12.8 Å². The van der Waals surface area contributed by atoms with Crippen molar-refractivity contribution in [2.75, 3.05) is 6.61 Å². The summed E-state index contributed by atoms with van der Waals surface area (Å²) in [6.07, 6.45) is 41.2. The van der Waals surface area contributed by atoms with Crippen LogP contribution in [0.2, 0.25) is 0 Å². The molecule has 0 bridgehead atoms. The summed E-state index contributed by atoms with van der Waals surface area (Å²) in [6, 6.07) is -0.545. The first kappa shape index (κ1) is 41.1. The number of nitrogens with one attached hydrogen (secondary N) is 1. The van der Waals surface area contributed by atoms with E-state index in [1.54, 1.807) is 0 Å². The Kier molecular flexibility index (Phi) is 33.9. The van der Waals surface area contributed by atoms with Crippen LogP contribution < -0.4 is 5.32 Å². The monoisotopic (exact) mass is 594 g/mol. The minimum Gasteiger partial charge on any atom is -0.394 e. The van der Waals surface area contributed by atoms with Gasteiger partial charge in [-0.3, -0.25) is 4.79 Å². The fraction of sp³-hybridized carbons (Fsp3) is 0.921. The van der Waals surface area contributed by atoms with Gasteiger partial charge in [-0.05, 0) is 38.5 Å². The van der Waals surface area contributed by atoms with Gasteiger partial charge in [-0.1, -0.05) is 174 Å². The number of allylic oxidation sites excluding steroid dienone is 2. The molecule has 0 aliphatic heterocycles. The highest BCUT2D eigenvalue weighted by Gasteiger charge is 2.19. The molecule has 0 fully saturated rings. The lowest BCUT2D eigenvalue weighted by molar-refractivity contribution is -0.123.